The Morgan fingerprint density at radius 2 is 1.92 bits per heavy atom. The SMILES string of the molecule is Clc1ccccc1-c1nc(CSc2nnc(-c3cccc(Br)c3)o2)no1. The zero-order valence-electron chi connectivity index (χ0n) is 13.1. The molecule has 0 aliphatic carbocycles. The van der Waals surface area contributed by atoms with Crippen LogP contribution < -0.4 is 0 Å². The third kappa shape index (κ3) is 3.82. The van der Waals surface area contributed by atoms with Gasteiger partial charge in [-0.15, -0.1) is 10.2 Å². The number of halogens is 2. The molecule has 130 valence electrons. The van der Waals surface area contributed by atoms with Crippen LogP contribution in [0, 0.1) is 0 Å². The molecule has 9 heteroatoms. The van der Waals surface area contributed by atoms with Crippen molar-refractivity contribution in [1.29, 1.82) is 0 Å². The summed E-state index contributed by atoms with van der Waals surface area (Å²) in [6.45, 7) is 0. The third-order valence-electron chi connectivity index (χ3n) is 3.38. The first-order valence-corrected chi connectivity index (χ1v) is 9.64. The minimum atomic E-state index is 0.381. The van der Waals surface area contributed by atoms with E-state index in [1.54, 1.807) is 6.07 Å². The van der Waals surface area contributed by atoms with Crippen LogP contribution in [0.15, 0.2) is 67.2 Å². The molecule has 0 spiro atoms. The molecule has 0 N–H and O–H groups in total. The van der Waals surface area contributed by atoms with Crippen molar-refractivity contribution < 1.29 is 8.94 Å². The lowest BCUT2D eigenvalue weighted by Crippen LogP contribution is -1.85. The van der Waals surface area contributed by atoms with E-state index in [0.717, 1.165) is 10.0 Å². The summed E-state index contributed by atoms with van der Waals surface area (Å²) in [5.74, 6) is 1.80. The van der Waals surface area contributed by atoms with Gasteiger partial charge in [-0.3, -0.25) is 0 Å². The maximum absolute atomic E-state index is 6.14. The Kier molecular flexibility index (Phi) is 5.05. The Morgan fingerprint density at radius 1 is 1.04 bits per heavy atom. The maximum Gasteiger partial charge on any atom is 0.277 e. The van der Waals surface area contributed by atoms with Gasteiger partial charge in [0.2, 0.25) is 5.89 Å². The summed E-state index contributed by atoms with van der Waals surface area (Å²) in [5.41, 5.74) is 1.55. The van der Waals surface area contributed by atoms with Crippen LogP contribution in [0.3, 0.4) is 0 Å². The summed E-state index contributed by atoms with van der Waals surface area (Å²) in [7, 11) is 0. The Morgan fingerprint density at radius 3 is 2.77 bits per heavy atom. The fraction of sp³-hybridized carbons (Fsp3) is 0.0588. The highest BCUT2D eigenvalue weighted by Crippen LogP contribution is 2.29. The highest BCUT2D eigenvalue weighted by Gasteiger charge is 2.14. The van der Waals surface area contributed by atoms with Crippen LogP contribution in [-0.4, -0.2) is 20.3 Å². The molecule has 2 heterocycles. The summed E-state index contributed by atoms with van der Waals surface area (Å²) in [6.07, 6.45) is 0. The second-order valence-corrected chi connectivity index (χ2v) is 7.42. The number of hydrogen-bond acceptors (Lipinski definition) is 7. The molecule has 0 fully saturated rings. The number of aromatic nitrogens is 4. The van der Waals surface area contributed by atoms with Crippen LogP contribution >= 0.6 is 39.3 Å². The summed E-state index contributed by atoms with van der Waals surface area (Å²) in [6, 6.07) is 15.0. The van der Waals surface area contributed by atoms with Gasteiger partial charge >= 0.3 is 0 Å². The molecule has 6 nitrogen and oxygen atoms in total. The van der Waals surface area contributed by atoms with Gasteiger partial charge in [0.15, 0.2) is 5.82 Å². The molecule has 0 amide bonds. The van der Waals surface area contributed by atoms with Gasteiger partial charge < -0.3 is 8.94 Å². The first kappa shape index (κ1) is 17.3. The quantitative estimate of drug-likeness (QED) is 0.372. The van der Waals surface area contributed by atoms with Gasteiger partial charge in [-0.25, -0.2) is 0 Å². The van der Waals surface area contributed by atoms with Crippen LogP contribution in [0.4, 0.5) is 0 Å². The van der Waals surface area contributed by atoms with Gasteiger partial charge in [-0.2, -0.15) is 4.98 Å². The second kappa shape index (κ2) is 7.61. The van der Waals surface area contributed by atoms with E-state index in [1.165, 1.54) is 11.8 Å². The molecular weight excluding hydrogens is 440 g/mol. The number of nitrogens with zero attached hydrogens (tertiary/aromatic N) is 4. The van der Waals surface area contributed by atoms with E-state index in [-0.39, 0.29) is 0 Å². The van der Waals surface area contributed by atoms with Crippen molar-refractivity contribution in [3.63, 3.8) is 0 Å². The first-order chi connectivity index (χ1) is 12.7. The third-order valence-corrected chi connectivity index (χ3v) is 5.01. The Hall–Kier alpha value is -2.16. The standard InChI is InChI=1S/C17H10BrClN4O2S/c18-11-5-3-4-10(8-11)15-21-22-17(24-15)26-9-14-20-16(25-23-14)12-6-1-2-7-13(12)19/h1-8H,9H2. The van der Waals surface area contributed by atoms with Crippen LogP contribution in [0.25, 0.3) is 22.9 Å². The van der Waals surface area contributed by atoms with Crippen molar-refractivity contribution in [1.82, 2.24) is 20.3 Å². The molecule has 4 aromatic rings. The van der Waals surface area contributed by atoms with Crippen molar-refractivity contribution in [2.75, 3.05) is 0 Å². The molecule has 2 aromatic carbocycles. The molecule has 0 aliphatic rings. The molecule has 4 rings (SSSR count). The Balaban J connectivity index is 1.45. The lowest BCUT2D eigenvalue weighted by atomic mass is 10.2. The average molecular weight is 450 g/mol. The lowest BCUT2D eigenvalue weighted by Gasteiger charge is -1.96. The van der Waals surface area contributed by atoms with Crippen LogP contribution in [0.5, 0.6) is 0 Å². The van der Waals surface area contributed by atoms with E-state index in [9.17, 15) is 0 Å². The molecule has 0 unspecified atom stereocenters. The monoisotopic (exact) mass is 448 g/mol. The van der Waals surface area contributed by atoms with Crippen molar-refractivity contribution in [2.45, 2.75) is 11.0 Å². The highest BCUT2D eigenvalue weighted by molar-refractivity contribution is 9.10. The fourth-order valence-electron chi connectivity index (χ4n) is 2.19. The molecule has 0 atom stereocenters. The Bertz CT molecular complexity index is 1050. The lowest BCUT2D eigenvalue weighted by molar-refractivity contribution is 0.425. The molecule has 0 aliphatic heterocycles. The van der Waals surface area contributed by atoms with Crippen molar-refractivity contribution in [3.05, 3.63) is 63.9 Å². The van der Waals surface area contributed by atoms with E-state index in [1.807, 2.05) is 42.5 Å². The largest absolute Gasteiger partial charge is 0.411 e. The number of benzene rings is 2. The van der Waals surface area contributed by atoms with Gasteiger partial charge in [-0.05, 0) is 30.3 Å². The van der Waals surface area contributed by atoms with E-state index >= 15 is 0 Å². The maximum atomic E-state index is 6.14. The number of hydrogen-bond donors (Lipinski definition) is 0. The average Bonchev–Trinajstić information content (AvgIpc) is 3.30. The minimum Gasteiger partial charge on any atom is -0.411 e. The van der Waals surface area contributed by atoms with Gasteiger partial charge in [0, 0.05) is 10.0 Å². The summed E-state index contributed by atoms with van der Waals surface area (Å²) in [4.78, 5) is 4.35. The minimum absolute atomic E-state index is 0.381. The fourth-order valence-corrected chi connectivity index (χ4v) is 3.41. The van der Waals surface area contributed by atoms with E-state index < -0.39 is 0 Å². The zero-order chi connectivity index (χ0) is 17.9. The highest BCUT2D eigenvalue weighted by atomic mass is 79.9. The van der Waals surface area contributed by atoms with Crippen LogP contribution in [-0.2, 0) is 5.75 Å². The molecule has 2 aromatic heterocycles. The molecule has 0 saturated heterocycles. The molecule has 0 radical (unpaired) electrons. The van der Waals surface area contributed by atoms with Gasteiger partial charge in [0.25, 0.3) is 11.1 Å². The zero-order valence-corrected chi connectivity index (χ0v) is 16.3. The molecular formula is C17H10BrClN4O2S. The summed E-state index contributed by atoms with van der Waals surface area (Å²) < 4.78 is 11.9. The normalized spacial score (nSPS) is 11.0. The predicted octanol–water partition coefficient (Wildman–Crippen LogP) is 5.49. The number of thioether (sulfide) groups is 1. The van der Waals surface area contributed by atoms with Crippen LogP contribution in [0.1, 0.15) is 5.82 Å². The van der Waals surface area contributed by atoms with Crippen molar-refractivity contribution >= 4 is 39.3 Å². The van der Waals surface area contributed by atoms with Crippen LogP contribution in [0.2, 0.25) is 5.02 Å². The van der Waals surface area contributed by atoms with Gasteiger partial charge in [-0.1, -0.05) is 62.6 Å². The van der Waals surface area contributed by atoms with Gasteiger partial charge in [0.05, 0.1) is 16.3 Å². The van der Waals surface area contributed by atoms with Crippen molar-refractivity contribution in [3.8, 4) is 22.9 Å². The van der Waals surface area contributed by atoms with E-state index in [0.29, 0.717) is 39.2 Å². The molecule has 0 saturated carbocycles. The Labute approximate surface area is 166 Å². The summed E-state index contributed by atoms with van der Waals surface area (Å²) >= 11 is 10.9. The van der Waals surface area contributed by atoms with Gasteiger partial charge in [0.1, 0.15) is 0 Å². The summed E-state index contributed by atoms with van der Waals surface area (Å²) in [5, 5.41) is 13.1. The van der Waals surface area contributed by atoms with Crippen molar-refractivity contribution in [2.24, 2.45) is 0 Å². The molecule has 0 bridgehead atoms. The second-order valence-electron chi connectivity index (χ2n) is 5.17. The smallest absolute Gasteiger partial charge is 0.277 e. The first-order valence-electron chi connectivity index (χ1n) is 7.49. The van der Waals surface area contributed by atoms with E-state index in [2.05, 4.69) is 36.3 Å². The van der Waals surface area contributed by atoms with E-state index in [4.69, 9.17) is 20.5 Å². The predicted molar refractivity (Wildman–Crippen MR) is 102 cm³/mol. The molecule has 26 heavy (non-hydrogen) atoms. The number of rotatable bonds is 5. The topological polar surface area (TPSA) is 77.8 Å².